The highest BCUT2D eigenvalue weighted by Gasteiger charge is 2.39. The summed E-state index contributed by atoms with van der Waals surface area (Å²) in [5.74, 6) is 0.114. The van der Waals surface area contributed by atoms with Gasteiger partial charge >= 0.3 is 0 Å². The molecule has 1 aromatic carbocycles. The van der Waals surface area contributed by atoms with Crippen molar-refractivity contribution in [2.75, 3.05) is 20.2 Å². The fourth-order valence-corrected chi connectivity index (χ4v) is 3.32. The Kier molecular flexibility index (Phi) is 5.22. The first-order valence-electron chi connectivity index (χ1n) is 8.57. The van der Waals surface area contributed by atoms with Crippen molar-refractivity contribution in [3.05, 3.63) is 29.8 Å². The average Bonchev–Trinajstić information content (AvgIpc) is 3.36. The van der Waals surface area contributed by atoms with E-state index in [0.29, 0.717) is 6.54 Å². The molecule has 6 nitrogen and oxygen atoms in total. The van der Waals surface area contributed by atoms with Gasteiger partial charge in [0.2, 0.25) is 11.8 Å². The smallest absolute Gasteiger partial charge is 0.237 e. The number of hydrogen-bond acceptors (Lipinski definition) is 4. The summed E-state index contributed by atoms with van der Waals surface area (Å²) in [6, 6.07) is 7.12. The van der Waals surface area contributed by atoms with Crippen molar-refractivity contribution in [1.82, 2.24) is 9.80 Å². The zero-order valence-electron chi connectivity index (χ0n) is 14.4. The molecule has 0 aromatic heterocycles. The number of halogens is 1. The molecular formula is C18H24FN3O3. The molecule has 1 aromatic rings. The summed E-state index contributed by atoms with van der Waals surface area (Å²) in [7, 11) is 1.61. The number of nitrogens with two attached hydrogens (primary N) is 1. The van der Waals surface area contributed by atoms with E-state index in [4.69, 9.17) is 10.5 Å². The highest BCUT2D eigenvalue weighted by Crippen LogP contribution is 2.29. The number of likely N-dealkylation sites (tertiary alicyclic amines) is 1. The number of alkyl halides is 1. The average molecular weight is 349 g/mol. The molecule has 1 heterocycles. The van der Waals surface area contributed by atoms with Gasteiger partial charge in [0, 0.05) is 25.6 Å². The second-order valence-electron chi connectivity index (χ2n) is 6.78. The molecule has 1 saturated heterocycles. The van der Waals surface area contributed by atoms with Gasteiger partial charge in [-0.1, -0.05) is 12.1 Å². The van der Waals surface area contributed by atoms with Crippen LogP contribution in [0.3, 0.4) is 0 Å². The van der Waals surface area contributed by atoms with Gasteiger partial charge in [-0.25, -0.2) is 4.39 Å². The first-order valence-corrected chi connectivity index (χ1v) is 8.57. The van der Waals surface area contributed by atoms with Gasteiger partial charge in [0.05, 0.1) is 19.7 Å². The minimum atomic E-state index is -1.11. The Hall–Kier alpha value is -2.15. The van der Waals surface area contributed by atoms with E-state index in [9.17, 15) is 14.0 Å². The maximum atomic E-state index is 13.6. The largest absolute Gasteiger partial charge is 0.497 e. The lowest BCUT2D eigenvalue weighted by molar-refractivity contribution is -0.134. The molecule has 2 atom stereocenters. The number of amides is 2. The van der Waals surface area contributed by atoms with Gasteiger partial charge < -0.3 is 15.4 Å². The molecule has 1 saturated carbocycles. The first kappa shape index (κ1) is 17.7. The van der Waals surface area contributed by atoms with Crippen molar-refractivity contribution >= 4 is 11.8 Å². The lowest BCUT2D eigenvalue weighted by Gasteiger charge is -2.27. The molecule has 0 radical (unpaired) electrons. The van der Waals surface area contributed by atoms with Crippen LogP contribution < -0.4 is 10.5 Å². The SMILES string of the molecule is COc1ccc(CN(C(=O)CN2C[C@H](F)C[C@H]2C(N)=O)C2CC2)cc1. The standard InChI is InChI=1S/C18H24FN3O3/c1-25-15-6-2-12(3-7-15)9-22(14-4-5-14)17(23)11-21-10-13(19)8-16(21)18(20)24/h2-3,6-7,13-14,16H,4-5,8-11H2,1H3,(H2,20,24)/t13-,16+/m1/s1. The van der Waals surface area contributed by atoms with E-state index in [0.717, 1.165) is 24.2 Å². The van der Waals surface area contributed by atoms with Gasteiger partial charge in [-0.05, 0) is 30.5 Å². The normalized spacial score (nSPS) is 23.4. The van der Waals surface area contributed by atoms with Crippen molar-refractivity contribution in [3.63, 3.8) is 0 Å². The Labute approximate surface area is 146 Å². The molecule has 136 valence electrons. The number of ether oxygens (including phenoxy) is 1. The van der Waals surface area contributed by atoms with Crippen molar-refractivity contribution in [1.29, 1.82) is 0 Å². The van der Waals surface area contributed by atoms with E-state index in [2.05, 4.69) is 0 Å². The van der Waals surface area contributed by atoms with Crippen molar-refractivity contribution < 1.29 is 18.7 Å². The van der Waals surface area contributed by atoms with E-state index in [1.807, 2.05) is 29.2 Å². The summed E-state index contributed by atoms with van der Waals surface area (Å²) in [6.45, 7) is 0.614. The highest BCUT2D eigenvalue weighted by atomic mass is 19.1. The molecule has 3 rings (SSSR count). The van der Waals surface area contributed by atoms with Crippen LogP contribution in [0.1, 0.15) is 24.8 Å². The Bertz CT molecular complexity index is 633. The Balaban J connectivity index is 1.65. The van der Waals surface area contributed by atoms with Gasteiger partial charge in [0.1, 0.15) is 11.9 Å². The van der Waals surface area contributed by atoms with Gasteiger partial charge in [0.25, 0.3) is 0 Å². The first-order chi connectivity index (χ1) is 12.0. The van der Waals surface area contributed by atoms with E-state index in [1.165, 1.54) is 0 Å². The van der Waals surface area contributed by atoms with E-state index in [-0.39, 0.29) is 31.5 Å². The van der Waals surface area contributed by atoms with Crippen molar-refractivity contribution in [2.45, 2.75) is 44.1 Å². The fourth-order valence-electron chi connectivity index (χ4n) is 3.32. The topological polar surface area (TPSA) is 75.9 Å². The second kappa shape index (κ2) is 7.39. The second-order valence-corrected chi connectivity index (χ2v) is 6.78. The molecule has 2 aliphatic rings. The van der Waals surface area contributed by atoms with Crippen LogP contribution in [0.5, 0.6) is 5.75 Å². The number of carbonyl (C=O) groups is 2. The molecular weight excluding hydrogens is 325 g/mol. The number of hydrogen-bond donors (Lipinski definition) is 1. The van der Waals surface area contributed by atoms with Crippen LogP contribution in [0.15, 0.2) is 24.3 Å². The van der Waals surface area contributed by atoms with Gasteiger partial charge in [0.15, 0.2) is 0 Å². The van der Waals surface area contributed by atoms with E-state index < -0.39 is 18.1 Å². The summed E-state index contributed by atoms with van der Waals surface area (Å²) in [6.07, 6.45) is 0.922. The predicted octanol–water partition coefficient (Wildman–Crippen LogP) is 1.08. The number of benzene rings is 1. The van der Waals surface area contributed by atoms with Gasteiger partial charge in [-0.2, -0.15) is 0 Å². The molecule has 2 N–H and O–H groups in total. The van der Waals surface area contributed by atoms with Crippen LogP contribution in [0, 0.1) is 0 Å². The van der Waals surface area contributed by atoms with E-state index in [1.54, 1.807) is 12.0 Å². The lowest BCUT2D eigenvalue weighted by atomic mass is 10.2. The Morgan fingerprint density at radius 1 is 1.32 bits per heavy atom. The third-order valence-electron chi connectivity index (χ3n) is 4.84. The number of rotatable bonds is 7. The fraction of sp³-hybridized carbons (Fsp3) is 0.556. The van der Waals surface area contributed by atoms with Crippen LogP contribution in [-0.2, 0) is 16.1 Å². The zero-order valence-corrected chi connectivity index (χ0v) is 14.4. The molecule has 0 bridgehead atoms. The minimum Gasteiger partial charge on any atom is -0.497 e. The molecule has 7 heteroatoms. The summed E-state index contributed by atoms with van der Waals surface area (Å²) in [4.78, 5) is 27.6. The molecule has 0 spiro atoms. The van der Waals surface area contributed by atoms with Crippen molar-refractivity contribution in [2.24, 2.45) is 5.73 Å². The molecule has 2 fully saturated rings. The Morgan fingerprint density at radius 3 is 2.56 bits per heavy atom. The number of methoxy groups -OCH3 is 1. The summed E-state index contributed by atoms with van der Waals surface area (Å²) in [5, 5.41) is 0. The molecule has 1 aliphatic carbocycles. The van der Waals surface area contributed by atoms with Crippen LogP contribution in [0.2, 0.25) is 0 Å². The molecule has 1 aliphatic heterocycles. The third-order valence-corrected chi connectivity index (χ3v) is 4.84. The quantitative estimate of drug-likeness (QED) is 0.799. The maximum Gasteiger partial charge on any atom is 0.237 e. The highest BCUT2D eigenvalue weighted by molar-refractivity contribution is 5.83. The Morgan fingerprint density at radius 2 is 2.00 bits per heavy atom. The van der Waals surface area contributed by atoms with Gasteiger partial charge in [-0.3, -0.25) is 14.5 Å². The van der Waals surface area contributed by atoms with Crippen LogP contribution in [0.25, 0.3) is 0 Å². The van der Waals surface area contributed by atoms with Crippen LogP contribution in [-0.4, -0.2) is 60.1 Å². The van der Waals surface area contributed by atoms with Crippen molar-refractivity contribution in [3.8, 4) is 5.75 Å². The monoisotopic (exact) mass is 349 g/mol. The third kappa shape index (κ3) is 4.28. The summed E-state index contributed by atoms with van der Waals surface area (Å²) in [5.41, 5.74) is 6.35. The summed E-state index contributed by atoms with van der Waals surface area (Å²) >= 11 is 0. The maximum absolute atomic E-state index is 13.6. The number of carbonyl (C=O) groups excluding carboxylic acids is 2. The van der Waals surface area contributed by atoms with Crippen LogP contribution >= 0.6 is 0 Å². The summed E-state index contributed by atoms with van der Waals surface area (Å²) < 4.78 is 18.8. The molecule has 25 heavy (non-hydrogen) atoms. The molecule has 2 amide bonds. The predicted molar refractivity (Wildman–Crippen MR) is 90.6 cm³/mol. The van der Waals surface area contributed by atoms with Gasteiger partial charge in [-0.15, -0.1) is 0 Å². The van der Waals surface area contributed by atoms with Crippen LogP contribution in [0.4, 0.5) is 4.39 Å². The number of primary amides is 1. The molecule has 0 unspecified atom stereocenters. The zero-order chi connectivity index (χ0) is 18.0. The lowest BCUT2D eigenvalue weighted by Crippen LogP contribution is -2.46. The number of nitrogens with zero attached hydrogens (tertiary/aromatic N) is 2. The van der Waals surface area contributed by atoms with E-state index >= 15 is 0 Å². The minimum absolute atomic E-state index is 0.0285.